The summed E-state index contributed by atoms with van der Waals surface area (Å²) in [6.45, 7) is 3.38. The second kappa shape index (κ2) is 7.94. The Morgan fingerprint density at radius 3 is 2.57 bits per heavy atom. The topological polar surface area (TPSA) is 79.8 Å². The Bertz CT molecular complexity index is 556. The van der Waals surface area contributed by atoms with Crippen LogP contribution in [0.4, 0.5) is 5.95 Å². The molecule has 1 amide bonds. The maximum absolute atomic E-state index is 11.8. The van der Waals surface area contributed by atoms with Crippen molar-refractivity contribution in [2.75, 3.05) is 11.9 Å². The molecule has 0 saturated carbocycles. The summed E-state index contributed by atoms with van der Waals surface area (Å²) in [4.78, 5) is 24.0. The van der Waals surface area contributed by atoms with Crippen molar-refractivity contribution in [2.45, 2.75) is 26.3 Å². The average molecular weight is 285 g/mol. The van der Waals surface area contributed by atoms with Crippen LogP contribution in [0, 0.1) is 0 Å². The number of rotatable bonds is 7. The number of hydrogen-bond acceptors (Lipinski definition) is 5. The predicted octanol–water partition coefficient (Wildman–Crippen LogP) is 2.01. The summed E-state index contributed by atoms with van der Waals surface area (Å²) in [5.41, 5.74) is 1.57. The van der Waals surface area contributed by atoms with E-state index in [-0.39, 0.29) is 5.91 Å². The van der Waals surface area contributed by atoms with E-state index in [2.05, 4.69) is 32.5 Å². The first-order valence-electron chi connectivity index (χ1n) is 7.02. The number of carbonyl (C=O) groups is 1. The zero-order valence-electron chi connectivity index (χ0n) is 12.0. The lowest BCUT2D eigenvalue weighted by Gasteiger charge is -2.06. The van der Waals surface area contributed by atoms with Gasteiger partial charge in [-0.1, -0.05) is 13.3 Å². The minimum absolute atomic E-state index is 0.135. The number of carbonyl (C=O) groups excluding carboxylic acids is 1. The van der Waals surface area contributed by atoms with E-state index in [4.69, 9.17) is 0 Å². The first-order chi connectivity index (χ1) is 10.3. The summed E-state index contributed by atoms with van der Waals surface area (Å²) in [5.74, 6) is 0.362. The fourth-order valence-corrected chi connectivity index (χ4v) is 1.70. The number of nitrogens with one attached hydrogen (secondary N) is 2. The average Bonchev–Trinajstić information content (AvgIpc) is 2.54. The van der Waals surface area contributed by atoms with Crippen LogP contribution in [0.5, 0.6) is 0 Å². The molecule has 0 aliphatic heterocycles. The van der Waals surface area contributed by atoms with E-state index in [1.165, 1.54) is 12.4 Å². The van der Waals surface area contributed by atoms with Crippen LogP contribution in [0.25, 0.3) is 0 Å². The molecule has 2 N–H and O–H groups in total. The Morgan fingerprint density at radius 1 is 1.19 bits per heavy atom. The molecular weight excluding hydrogens is 266 g/mol. The first kappa shape index (κ1) is 14.9. The highest BCUT2D eigenvalue weighted by molar-refractivity contribution is 5.93. The molecule has 0 aliphatic carbocycles. The van der Waals surface area contributed by atoms with E-state index in [0.717, 1.165) is 18.4 Å². The van der Waals surface area contributed by atoms with Gasteiger partial charge in [-0.2, -0.15) is 0 Å². The van der Waals surface area contributed by atoms with Gasteiger partial charge in [0.25, 0.3) is 5.91 Å². The number of nitrogens with zero attached hydrogens (tertiary/aromatic N) is 3. The van der Waals surface area contributed by atoms with Gasteiger partial charge in [-0.25, -0.2) is 9.97 Å². The molecule has 0 aliphatic rings. The van der Waals surface area contributed by atoms with Gasteiger partial charge in [0.1, 0.15) is 0 Å². The molecule has 2 heterocycles. The van der Waals surface area contributed by atoms with Crippen molar-refractivity contribution in [3.05, 3.63) is 48.0 Å². The first-order valence-corrected chi connectivity index (χ1v) is 7.02. The van der Waals surface area contributed by atoms with E-state index >= 15 is 0 Å². The Balaban J connectivity index is 1.85. The summed E-state index contributed by atoms with van der Waals surface area (Å²) in [5, 5.41) is 5.93. The van der Waals surface area contributed by atoms with Crippen molar-refractivity contribution in [2.24, 2.45) is 0 Å². The molecule has 6 heteroatoms. The normalized spacial score (nSPS) is 10.1. The molecule has 0 fully saturated rings. The van der Waals surface area contributed by atoms with Crippen LogP contribution < -0.4 is 10.6 Å². The van der Waals surface area contributed by atoms with Crippen LogP contribution >= 0.6 is 0 Å². The van der Waals surface area contributed by atoms with Crippen LogP contribution in [0.2, 0.25) is 0 Å². The Morgan fingerprint density at radius 2 is 1.90 bits per heavy atom. The lowest BCUT2D eigenvalue weighted by atomic mass is 10.3. The molecule has 0 spiro atoms. The molecule has 0 bridgehead atoms. The third-order valence-electron chi connectivity index (χ3n) is 2.93. The Kier molecular flexibility index (Phi) is 5.63. The second-order valence-electron chi connectivity index (χ2n) is 4.61. The fraction of sp³-hybridized carbons (Fsp3) is 0.333. The summed E-state index contributed by atoms with van der Waals surface area (Å²) in [6, 6.07) is 3.84. The van der Waals surface area contributed by atoms with Gasteiger partial charge in [-0.15, -0.1) is 0 Å². The third kappa shape index (κ3) is 4.83. The number of hydrogen-bond donors (Lipinski definition) is 2. The smallest absolute Gasteiger partial charge is 0.254 e. The van der Waals surface area contributed by atoms with Gasteiger partial charge >= 0.3 is 0 Å². The lowest BCUT2D eigenvalue weighted by molar-refractivity contribution is 0.0952. The van der Waals surface area contributed by atoms with Crippen molar-refractivity contribution in [3.8, 4) is 0 Å². The van der Waals surface area contributed by atoms with Gasteiger partial charge < -0.3 is 10.6 Å². The van der Waals surface area contributed by atoms with Gasteiger partial charge in [0.05, 0.1) is 5.56 Å². The van der Waals surface area contributed by atoms with Crippen LogP contribution in [0.1, 0.15) is 35.7 Å². The molecule has 0 radical (unpaired) electrons. The summed E-state index contributed by atoms with van der Waals surface area (Å²) >= 11 is 0. The summed E-state index contributed by atoms with van der Waals surface area (Å²) in [7, 11) is 0. The van der Waals surface area contributed by atoms with Crippen molar-refractivity contribution in [1.82, 2.24) is 20.3 Å². The molecule has 110 valence electrons. The highest BCUT2D eigenvalue weighted by Crippen LogP contribution is 2.03. The number of anilines is 1. The van der Waals surface area contributed by atoms with Crippen molar-refractivity contribution in [1.29, 1.82) is 0 Å². The standard InChI is InChI=1S/C15H19N5O/c1-2-3-6-17-14(21)13-10-19-15(20-11-13)18-9-12-4-7-16-8-5-12/h4-5,7-8,10-11H,2-3,6,9H2,1H3,(H,17,21)(H,18,19,20). The molecule has 2 aromatic heterocycles. The number of aromatic nitrogens is 3. The van der Waals surface area contributed by atoms with Crippen LogP contribution in [-0.4, -0.2) is 27.4 Å². The van der Waals surface area contributed by atoms with Gasteiger partial charge in [0.15, 0.2) is 0 Å². The van der Waals surface area contributed by atoms with Gasteiger partial charge in [0.2, 0.25) is 5.95 Å². The minimum atomic E-state index is -0.135. The maximum Gasteiger partial charge on any atom is 0.254 e. The van der Waals surface area contributed by atoms with E-state index in [1.54, 1.807) is 12.4 Å². The molecule has 21 heavy (non-hydrogen) atoms. The highest BCUT2D eigenvalue weighted by atomic mass is 16.1. The molecule has 6 nitrogen and oxygen atoms in total. The largest absolute Gasteiger partial charge is 0.352 e. The monoisotopic (exact) mass is 285 g/mol. The molecule has 2 aromatic rings. The van der Waals surface area contributed by atoms with Gasteiger partial charge in [-0.3, -0.25) is 9.78 Å². The van der Waals surface area contributed by atoms with E-state index in [9.17, 15) is 4.79 Å². The number of amides is 1. The minimum Gasteiger partial charge on any atom is -0.352 e. The SMILES string of the molecule is CCCCNC(=O)c1cnc(NCc2ccncc2)nc1. The lowest BCUT2D eigenvalue weighted by Crippen LogP contribution is -2.24. The quantitative estimate of drug-likeness (QED) is 0.761. The molecule has 0 unspecified atom stereocenters. The predicted molar refractivity (Wildman–Crippen MR) is 80.8 cm³/mol. The maximum atomic E-state index is 11.8. The van der Waals surface area contributed by atoms with Crippen molar-refractivity contribution in [3.63, 3.8) is 0 Å². The van der Waals surface area contributed by atoms with Gasteiger partial charge in [0, 0.05) is 37.9 Å². The Hall–Kier alpha value is -2.50. The van der Waals surface area contributed by atoms with Crippen LogP contribution in [0.15, 0.2) is 36.9 Å². The van der Waals surface area contributed by atoms with E-state index in [0.29, 0.717) is 24.6 Å². The molecule has 2 rings (SSSR count). The zero-order valence-corrected chi connectivity index (χ0v) is 12.0. The van der Waals surface area contributed by atoms with E-state index in [1.807, 2.05) is 12.1 Å². The highest BCUT2D eigenvalue weighted by Gasteiger charge is 2.06. The molecule has 0 atom stereocenters. The fourth-order valence-electron chi connectivity index (χ4n) is 1.70. The summed E-state index contributed by atoms with van der Waals surface area (Å²) < 4.78 is 0. The molecular formula is C15H19N5O. The van der Waals surface area contributed by atoms with E-state index < -0.39 is 0 Å². The van der Waals surface area contributed by atoms with Crippen LogP contribution in [-0.2, 0) is 6.54 Å². The second-order valence-corrected chi connectivity index (χ2v) is 4.61. The summed E-state index contributed by atoms with van der Waals surface area (Å²) in [6.07, 6.45) is 8.56. The molecule has 0 saturated heterocycles. The number of unbranched alkanes of at least 4 members (excludes halogenated alkanes) is 1. The number of pyridine rings is 1. The zero-order chi connectivity index (χ0) is 14.9. The van der Waals surface area contributed by atoms with Crippen molar-refractivity contribution >= 4 is 11.9 Å². The molecule has 0 aromatic carbocycles. The van der Waals surface area contributed by atoms with Crippen LogP contribution in [0.3, 0.4) is 0 Å². The van der Waals surface area contributed by atoms with Crippen molar-refractivity contribution < 1.29 is 4.79 Å². The third-order valence-corrected chi connectivity index (χ3v) is 2.93. The van der Waals surface area contributed by atoms with Gasteiger partial charge in [-0.05, 0) is 24.1 Å². The Labute approximate surface area is 124 Å².